The van der Waals surface area contributed by atoms with Gasteiger partial charge in [-0.15, -0.1) is 11.3 Å². The van der Waals surface area contributed by atoms with Crippen LogP contribution < -0.4 is 5.32 Å². The Morgan fingerprint density at radius 1 is 1.10 bits per heavy atom. The van der Waals surface area contributed by atoms with Crippen molar-refractivity contribution in [3.8, 4) is 0 Å². The summed E-state index contributed by atoms with van der Waals surface area (Å²) in [5.74, 6) is -0.235. The molecule has 1 aromatic carbocycles. The lowest BCUT2D eigenvalue weighted by Gasteiger charge is -2.33. The van der Waals surface area contributed by atoms with Crippen molar-refractivity contribution in [2.45, 2.75) is 57.7 Å². The number of ether oxygens (including phenoxy) is 1. The van der Waals surface area contributed by atoms with E-state index in [0.717, 1.165) is 31.5 Å². The molecule has 1 saturated carbocycles. The molecule has 2 aliphatic rings. The lowest BCUT2D eigenvalue weighted by molar-refractivity contribution is -0.0357. The summed E-state index contributed by atoms with van der Waals surface area (Å²) < 4.78 is 6.22. The van der Waals surface area contributed by atoms with Crippen LogP contribution in [0.25, 0.3) is 0 Å². The Morgan fingerprint density at radius 3 is 2.47 bits per heavy atom. The number of likely N-dealkylation sites (tertiary alicyclic amines) is 1. The van der Waals surface area contributed by atoms with E-state index in [-0.39, 0.29) is 17.9 Å². The Labute approximate surface area is 186 Å². The zero-order valence-corrected chi connectivity index (χ0v) is 18.7. The molecule has 2 fully saturated rings. The molecule has 1 N–H and O–H groups in total. The van der Waals surface area contributed by atoms with Crippen molar-refractivity contribution < 1.29 is 14.3 Å². The summed E-state index contributed by atoms with van der Waals surface area (Å²) in [4.78, 5) is 28.2. The van der Waals surface area contributed by atoms with E-state index in [0.29, 0.717) is 26.6 Å². The number of hydrogen-bond donors (Lipinski definition) is 1. The first-order valence-electron chi connectivity index (χ1n) is 10.6. The van der Waals surface area contributed by atoms with Gasteiger partial charge in [0.2, 0.25) is 0 Å². The van der Waals surface area contributed by atoms with Crippen LogP contribution in [-0.2, 0) is 4.74 Å². The third kappa shape index (κ3) is 4.88. The van der Waals surface area contributed by atoms with Crippen LogP contribution in [0.15, 0.2) is 30.3 Å². The summed E-state index contributed by atoms with van der Waals surface area (Å²) >= 11 is 7.43. The SMILES string of the molecule is Cc1cc(NC(=O)c2ccccc2Cl)sc1C(=O)N1CCC(OC2CCCC2)CC1. The standard InChI is InChI=1S/C23H27ClN2O3S/c1-15-14-20(25-22(27)18-8-4-5-9-19(18)24)30-21(15)23(28)26-12-10-17(11-13-26)29-16-6-2-3-7-16/h4-5,8-9,14,16-17H,2-3,6-7,10-13H2,1H3,(H,25,27). The van der Waals surface area contributed by atoms with Gasteiger partial charge in [0.15, 0.2) is 0 Å². The third-order valence-corrected chi connectivity index (χ3v) is 7.35. The smallest absolute Gasteiger partial charge is 0.264 e. The van der Waals surface area contributed by atoms with E-state index < -0.39 is 0 Å². The average molecular weight is 447 g/mol. The number of anilines is 1. The number of halogens is 1. The summed E-state index contributed by atoms with van der Waals surface area (Å²) in [7, 11) is 0. The van der Waals surface area contributed by atoms with Gasteiger partial charge in [-0.3, -0.25) is 9.59 Å². The van der Waals surface area contributed by atoms with Gasteiger partial charge in [-0.25, -0.2) is 0 Å². The minimum absolute atomic E-state index is 0.0371. The number of aryl methyl sites for hydroxylation is 1. The quantitative estimate of drug-likeness (QED) is 0.657. The zero-order valence-electron chi connectivity index (χ0n) is 17.2. The molecule has 0 unspecified atom stereocenters. The largest absolute Gasteiger partial charge is 0.375 e. The molecule has 160 valence electrons. The van der Waals surface area contributed by atoms with Crippen molar-refractivity contribution >= 4 is 39.8 Å². The van der Waals surface area contributed by atoms with E-state index in [4.69, 9.17) is 16.3 Å². The molecule has 1 aromatic heterocycles. The van der Waals surface area contributed by atoms with Crippen molar-refractivity contribution in [3.05, 3.63) is 51.4 Å². The Kier molecular flexibility index (Phi) is 6.76. The zero-order chi connectivity index (χ0) is 21.1. The molecule has 4 rings (SSSR count). The maximum Gasteiger partial charge on any atom is 0.264 e. The second kappa shape index (κ2) is 9.50. The van der Waals surface area contributed by atoms with Crippen molar-refractivity contribution in [1.82, 2.24) is 4.90 Å². The molecule has 5 nitrogen and oxygen atoms in total. The number of benzene rings is 1. The molecule has 1 aliphatic heterocycles. The minimum Gasteiger partial charge on any atom is -0.375 e. The van der Waals surface area contributed by atoms with Crippen LogP contribution in [0.1, 0.15) is 64.1 Å². The average Bonchev–Trinajstić information content (AvgIpc) is 3.38. The fourth-order valence-electron chi connectivity index (χ4n) is 4.22. The van der Waals surface area contributed by atoms with E-state index in [1.54, 1.807) is 24.3 Å². The van der Waals surface area contributed by atoms with Crippen molar-refractivity contribution in [2.24, 2.45) is 0 Å². The van der Waals surface area contributed by atoms with Crippen LogP contribution in [0.3, 0.4) is 0 Å². The van der Waals surface area contributed by atoms with E-state index in [2.05, 4.69) is 5.32 Å². The Balaban J connectivity index is 1.35. The van der Waals surface area contributed by atoms with Crippen molar-refractivity contribution in [3.63, 3.8) is 0 Å². The number of carbonyl (C=O) groups is 2. The van der Waals surface area contributed by atoms with E-state index >= 15 is 0 Å². The first kappa shape index (κ1) is 21.3. The Morgan fingerprint density at radius 2 is 1.77 bits per heavy atom. The van der Waals surface area contributed by atoms with Crippen LogP contribution in [0, 0.1) is 6.92 Å². The topological polar surface area (TPSA) is 58.6 Å². The number of piperidine rings is 1. The van der Waals surface area contributed by atoms with Crippen molar-refractivity contribution in [1.29, 1.82) is 0 Å². The number of hydrogen-bond acceptors (Lipinski definition) is 4. The number of carbonyl (C=O) groups excluding carboxylic acids is 2. The molecule has 0 radical (unpaired) electrons. The molecule has 0 atom stereocenters. The summed E-state index contributed by atoms with van der Waals surface area (Å²) in [6.07, 6.45) is 7.37. The maximum atomic E-state index is 13.1. The summed E-state index contributed by atoms with van der Waals surface area (Å²) in [6, 6.07) is 8.78. The fourth-order valence-corrected chi connectivity index (χ4v) is 5.47. The summed E-state index contributed by atoms with van der Waals surface area (Å²) in [5.41, 5.74) is 1.30. The molecule has 1 saturated heterocycles. The highest BCUT2D eigenvalue weighted by atomic mass is 35.5. The van der Waals surface area contributed by atoms with Crippen molar-refractivity contribution in [2.75, 3.05) is 18.4 Å². The van der Waals surface area contributed by atoms with Gasteiger partial charge in [-0.1, -0.05) is 36.6 Å². The Hall–Kier alpha value is -1.89. The second-order valence-electron chi connectivity index (χ2n) is 8.09. The molecule has 2 aromatic rings. The minimum atomic E-state index is -0.272. The molecule has 30 heavy (non-hydrogen) atoms. The molecular weight excluding hydrogens is 420 g/mol. The van der Waals surface area contributed by atoms with E-state index in [1.165, 1.54) is 37.0 Å². The highest BCUT2D eigenvalue weighted by Gasteiger charge is 2.28. The normalized spacial score (nSPS) is 18.0. The third-order valence-electron chi connectivity index (χ3n) is 5.88. The molecule has 2 heterocycles. The first-order chi connectivity index (χ1) is 14.5. The van der Waals surface area contributed by atoms with Crippen LogP contribution in [0.2, 0.25) is 5.02 Å². The van der Waals surface area contributed by atoms with Crippen LogP contribution in [0.4, 0.5) is 5.00 Å². The number of amides is 2. The first-order valence-corrected chi connectivity index (χ1v) is 11.8. The number of nitrogens with one attached hydrogen (secondary N) is 1. The van der Waals surface area contributed by atoms with Gasteiger partial charge in [0.05, 0.1) is 32.7 Å². The number of nitrogens with zero attached hydrogens (tertiary/aromatic N) is 1. The van der Waals surface area contributed by atoms with Gasteiger partial charge in [0, 0.05) is 13.1 Å². The second-order valence-corrected chi connectivity index (χ2v) is 9.55. The molecule has 0 bridgehead atoms. The number of thiophene rings is 1. The lowest BCUT2D eigenvalue weighted by Crippen LogP contribution is -2.41. The van der Waals surface area contributed by atoms with E-state index in [1.807, 2.05) is 17.9 Å². The van der Waals surface area contributed by atoms with Gasteiger partial charge >= 0.3 is 0 Å². The van der Waals surface area contributed by atoms with E-state index in [9.17, 15) is 9.59 Å². The highest BCUT2D eigenvalue weighted by Crippen LogP contribution is 2.31. The maximum absolute atomic E-state index is 13.1. The fraction of sp³-hybridized carbons (Fsp3) is 0.478. The van der Waals surface area contributed by atoms with Gasteiger partial charge < -0.3 is 15.0 Å². The molecule has 2 amide bonds. The van der Waals surface area contributed by atoms with Gasteiger partial charge in [-0.05, 0) is 56.4 Å². The predicted octanol–water partition coefficient (Wildman–Crippen LogP) is 5.53. The lowest BCUT2D eigenvalue weighted by atomic mass is 10.1. The molecular formula is C23H27ClN2O3S. The molecule has 1 aliphatic carbocycles. The highest BCUT2D eigenvalue weighted by molar-refractivity contribution is 7.18. The Bertz CT molecular complexity index is 915. The van der Waals surface area contributed by atoms with Gasteiger partial charge in [0.25, 0.3) is 11.8 Å². The summed E-state index contributed by atoms with van der Waals surface area (Å²) in [6.45, 7) is 3.34. The monoisotopic (exact) mass is 446 g/mol. The molecule has 7 heteroatoms. The van der Waals surface area contributed by atoms with Crippen LogP contribution in [-0.4, -0.2) is 42.0 Å². The summed E-state index contributed by atoms with van der Waals surface area (Å²) in [5, 5.41) is 3.93. The van der Waals surface area contributed by atoms with Crippen LogP contribution in [0.5, 0.6) is 0 Å². The van der Waals surface area contributed by atoms with Crippen LogP contribution >= 0.6 is 22.9 Å². The van der Waals surface area contributed by atoms with Gasteiger partial charge in [0.1, 0.15) is 0 Å². The number of rotatable bonds is 5. The van der Waals surface area contributed by atoms with Gasteiger partial charge in [-0.2, -0.15) is 0 Å². The predicted molar refractivity (Wildman–Crippen MR) is 121 cm³/mol. The molecule has 0 spiro atoms.